The number of rotatable bonds is 7. The van der Waals surface area contributed by atoms with Gasteiger partial charge in [-0.2, -0.15) is 13.2 Å². The van der Waals surface area contributed by atoms with Gasteiger partial charge in [0, 0.05) is 37.2 Å². The van der Waals surface area contributed by atoms with E-state index in [-0.39, 0.29) is 31.5 Å². The summed E-state index contributed by atoms with van der Waals surface area (Å²) in [7, 11) is -5.07. The van der Waals surface area contributed by atoms with E-state index in [1.54, 1.807) is 0 Å². The molecule has 3 rings (SSSR count). The molecular formula is C16H17F6N6O5P. The standard InChI is InChI=1S/C16H17F6N6O5P/c17-8-4-10(19)9(18)3-7(8)14(32-34(30,31)33-24)11(23)5-13(29)27-1-2-28-12(6-27)25-26-15(28)16(20,21)22/h3-4,11,14H,1-2,5-6,23-24H2,(H,30,31). The molecule has 2 aromatic rings. The molecule has 1 aromatic carbocycles. The molecule has 0 spiro atoms. The van der Waals surface area contributed by atoms with Crippen LogP contribution in [0.25, 0.3) is 0 Å². The van der Waals surface area contributed by atoms with Gasteiger partial charge in [-0.3, -0.25) is 9.32 Å². The number of nitrogens with two attached hydrogens (primary N) is 2. The Morgan fingerprint density at radius 1 is 1.18 bits per heavy atom. The summed E-state index contributed by atoms with van der Waals surface area (Å²) in [6.45, 7) is -0.859. The van der Waals surface area contributed by atoms with Gasteiger partial charge in [-0.05, 0) is 6.07 Å². The summed E-state index contributed by atoms with van der Waals surface area (Å²) in [4.78, 5) is 23.3. The van der Waals surface area contributed by atoms with Crippen LogP contribution in [-0.4, -0.2) is 43.1 Å². The number of aromatic nitrogens is 3. The van der Waals surface area contributed by atoms with Crippen molar-refractivity contribution in [2.75, 3.05) is 6.54 Å². The molecule has 1 aromatic heterocycles. The van der Waals surface area contributed by atoms with Crippen molar-refractivity contribution in [3.63, 3.8) is 0 Å². The van der Waals surface area contributed by atoms with Gasteiger partial charge in [0.05, 0.1) is 6.54 Å². The zero-order chi connectivity index (χ0) is 25.4. The molecule has 0 aliphatic carbocycles. The first kappa shape index (κ1) is 26.1. The number of hydrogen-bond donors (Lipinski definition) is 3. The Morgan fingerprint density at radius 2 is 1.82 bits per heavy atom. The lowest BCUT2D eigenvalue weighted by Crippen LogP contribution is -2.43. The average Bonchev–Trinajstić information content (AvgIpc) is 3.18. The molecule has 11 nitrogen and oxygen atoms in total. The molecule has 1 amide bonds. The van der Waals surface area contributed by atoms with E-state index in [1.165, 1.54) is 0 Å². The van der Waals surface area contributed by atoms with Gasteiger partial charge < -0.3 is 20.1 Å². The lowest BCUT2D eigenvalue weighted by atomic mass is 9.99. The van der Waals surface area contributed by atoms with Crippen LogP contribution in [0, 0.1) is 17.5 Å². The fourth-order valence-corrected chi connectivity index (χ4v) is 3.91. The van der Waals surface area contributed by atoms with Crippen LogP contribution in [0.1, 0.15) is 29.7 Å². The van der Waals surface area contributed by atoms with Crippen molar-refractivity contribution in [1.82, 2.24) is 19.7 Å². The molecule has 1 aliphatic rings. The second-order valence-electron chi connectivity index (χ2n) is 7.16. The molecule has 5 N–H and O–H groups in total. The molecule has 0 saturated carbocycles. The predicted molar refractivity (Wildman–Crippen MR) is 98.3 cm³/mol. The van der Waals surface area contributed by atoms with Crippen LogP contribution in [0.3, 0.4) is 0 Å². The lowest BCUT2D eigenvalue weighted by molar-refractivity contribution is -0.148. The van der Waals surface area contributed by atoms with Crippen LogP contribution in [0.4, 0.5) is 26.3 Å². The maximum absolute atomic E-state index is 14.3. The van der Waals surface area contributed by atoms with Gasteiger partial charge in [0.2, 0.25) is 11.7 Å². The topological polar surface area (TPSA) is 159 Å². The molecule has 188 valence electrons. The van der Waals surface area contributed by atoms with Crippen molar-refractivity contribution >= 4 is 13.7 Å². The first-order chi connectivity index (χ1) is 15.7. The zero-order valence-electron chi connectivity index (χ0n) is 16.9. The monoisotopic (exact) mass is 518 g/mol. The smallest absolute Gasteiger partial charge is 0.333 e. The molecule has 3 unspecified atom stereocenters. The number of carbonyl (C=O) groups is 1. The Labute approximate surface area is 186 Å². The van der Waals surface area contributed by atoms with Crippen molar-refractivity contribution in [3.05, 3.63) is 46.8 Å². The van der Waals surface area contributed by atoms with Crippen LogP contribution < -0.4 is 11.6 Å². The van der Waals surface area contributed by atoms with Crippen molar-refractivity contribution in [2.24, 2.45) is 11.6 Å². The summed E-state index contributed by atoms with van der Waals surface area (Å²) in [6.07, 6.45) is -7.47. The molecule has 0 radical (unpaired) electrons. The average molecular weight is 518 g/mol. The van der Waals surface area contributed by atoms with Gasteiger partial charge in [-0.25, -0.2) is 28.3 Å². The minimum atomic E-state index is -5.07. The van der Waals surface area contributed by atoms with Crippen molar-refractivity contribution in [3.8, 4) is 0 Å². The van der Waals surface area contributed by atoms with E-state index < -0.39 is 67.3 Å². The molecule has 0 fully saturated rings. The summed E-state index contributed by atoms with van der Waals surface area (Å²) < 4.78 is 101. The summed E-state index contributed by atoms with van der Waals surface area (Å²) in [5.41, 5.74) is 5.06. The van der Waals surface area contributed by atoms with E-state index in [9.17, 15) is 40.6 Å². The maximum Gasteiger partial charge on any atom is 0.489 e. The largest absolute Gasteiger partial charge is 0.489 e. The van der Waals surface area contributed by atoms with Crippen molar-refractivity contribution in [1.29, 1.82) is 0 Å². The highest BCUT2D eigenvalue weighted by Crippen LogP contribution is 2.47. The summed E-state index contributed by atoms with van der Waals surface area (Å²) >= 11 is 0. The third kappa shape index (κ3) is 5.56. The van der Waals surface area contributed by atoms with E-state index >= 15 is 0 Å². The van der Waals surface area contributed by atoms with Crippen LogP contribution in [0.5, 0.6) is 0 Å². The van der Waals surface area contributed by atoms with Gasteiger partial charge in [0.1, 0.15) is 11.9 Å². The molecule has 18 heteroatoms. The first-order valence-electron chi connectivity index (χ1n) is 9.30. The highest BCUT2D eigenvalue weighted by atomic mass is 31.2. The molecule has 0 bridgehead atoms. The van der Waals surface area contributed by atoms with Crippen molar-refractivity contribution in [2.45, 2.75) is 37.8 Å². The second-order valence-corrected chi connectivity index (χ2v) is 8.52. The molecular weight excluding hydrogens is 501 g/mol. The Morgan fingerprint density at radius 3 is 2.44 bits per heavy atom. The number of alkyl halides is 3. The van der Waals surface area contributed by atoms with E-state index in [2.05, 4.69) is 25.2 Å². The highest BCUT2D eigenvalue weighted by molar-refractivity contribution is 7.47. The number of amides is 1. The second kappa shape index (κ2) is 9.59. The summed E-state index contributed by atoms with van der Waals surface area (Å²) in [5.74, 6) is -2.04. The Bertz CT molecular complexity index is 1130. The van der Waals surface area contributed by atoms with Crippen molar-refractivity contribution < 1.29 is 49.7 Å². The number of halogens is 6. The van der Waals surface area contributed by atoms with E-state index in [4.69, 9.17) is 5.73 Å². The Balaban J connectivity index is 1.81. The predicted octanol–water partition coefficient (Wildman–Crippen LogP) is 1.52. The number of benzene rings is 1. The molecule has 0 saturated heterocycles. The highest BCUT2D eigenvalue weighted by Gasteiger charge is 2.40. The van der Waals surface area contributed by atoms with E-state index in [1.807, 2.05) is 0 Å². The minimum Gasteiger partial charge on any atom is -0.333 e. The van der Waals surface area contributed by atoms with Gasteiger partial charge in [0.25, 0.3) is 0 Å². The Kier molecular flexibility index (Phi) is 7.35. The number of phosphoric ester groups is 1. The van der Waals surface area contributed by atoms with Crippen LogP contribution >= 0.6 is 7.82 Å². The van der Waals surface area contributed by atoms with E-state index in [0.29, 0.717) is 6.07 Å². The lowest BCUT2D eigenvalue weighted by Gasteiger charge is -2.31. The fourth-order valence-electron chi connectivity index (χ4n) is 3.31. The minimum absolute atomic E-state index is 0.136. The normalized spacial score (nSPS) is 17.7. The summed E-state index contributed by atoms with van der Waals surface area (Å²) in [5, 5.41) is 6.50. The SMILES string of the molecule is NOP(=O)(O)OC(c1cc(F)c(F)cc1F)C(N)CC(=O)N1CCn2c(nnc2C(F)(F)F)C1. The number of carbonyl (C=O) groups excluding carboxylic acids is 1. The van der Waals surface area contributed by atoms with Gasteiger partial charge in [0.15, 0.2) is 17.5 Å². The molecule has 2 heterocycles. The molecule has 3 atom stereocenters. The fraction of sp³-hybridized carbons (Fsp3) is 0.438. The number of fused-ring (bicyclic) bond motifs is 1. The molecule has 1 aliphatic heterocycles. The number of phosphoric acid groups is 1. The number of nitrogens with zero attached hydrogens (tertiary/aromatic N) is 4. The number of hydrogen-bond acceptors (Lipinski definition) is 8. The first-order valence-corrected chi connectivity index (χ1v) is 10.8. The van der Waals surface area contributed by atoms with Crippen LogP contribution in [-0.2, 0) is 37.8 Å². The van der Waals surface area contributed by atoms with Crippen LogP contribution in [0.15, 0.2) is 12.1 Å². The van der Waals surface area contributed by atoms with Crippen LogP contribution in [0.2, 0.25) is 0 Å². The van der Waals surface area contributed by atoms with Gasteiger partial charge in [-0.1, -0.05) is 0 Å². The van der Waals surface area contributed by atoms with Gasteiger partial charge in [-0.15, -0.1) is 10.2 Å². The maximum atomic E-state index is 14.3. The third-order valence-corrected chi connectivity index (χ3v) is 5.64. The Hall–Kier alpha value is -2.56. The molecule has 34 heavy (non-hydrogen) atoms. The quantitative estimate of drug-likeness (QED) is 0.214. The van der Waals surface area contributed by atoms with E-state index in [0.717, 1.165) is 9.47 Å². The summed E-state index contributed by atoms with van der Waals surface area (Å²) in [6, 6.07) is -1.18. The third-order valence-electron chi connectivity index (χ3n) is 4.88. The zero-order valence-corrected chi connectivity index (χ0v) is 17.8. The van der Waals surface area contributed by atoms with Gasteiger partial charge >= 0.3 is 14.0 Å².